The predicted octanol–water partition coefficient (Wildman–Crippen LogP) is 13.6. The Bertz CT molecular complexity index is 3510. The Morgan fingerprint density at radius 1 is 0.191 bits per heavy atom. The zero-order valence-electron chi connectivity index (χ0n) is 36.4. The summed E-state index contributed by atoms with van der Waals surface area (Å²) in [6.45, 7) is 0. The molecule has 0 aliphatic carbocycles. The van der Waals surface area contributed by atoms with Crippen LogP contribution in [0.5, 0.6) is 0 Å². The molecule has 9 heteroatoms. The van der Waals surface area contributed by atoms with Gasteiger partial charge in [0.25, 0.3) is 0 Å². The maximum Gasteiger partial charge on any atom is 0.182 e. The monoisotopic (exact) mass is 871 g/mol. The fourth-order valence-corrected chi connectivity index (χ4v) is 8.36. The van der Waals surface area contributed by atoms with E-state index in [9.17, 15) is 0 Å². The van der Waals surface area contributed by atoms with Crippen LogP contribution in [-0.4, -0.2) is 44.9 Å². The van der Waals surface area contributed by atoms with Crippen LogP contribution in [0, 0.1) is 0 Å². The third kappa shape index (κ3) is 7.90. The van der Waals surface area contributed by atoms with E-state index in [1.165, 1.54) is 0 Å². The van der Waals surface area contributed by atoms with E-state index >= 15 is 0 Å². The van der Waals surface area contributed by atoms with Gasteiger partial charge in [-0.05, 0) is 18.2 Å². The third-order valence-electron chi connectivity index (χ3n) is 11.8. The highest BCUT2D eigenvalue weighted by Crippen LogP contribution is 2.35. The minimum atomic E-state index is 0.422. The molecule has 12 rings (SSSR count). The average molecular weight is 872 g/mol. The molecule has 0 aliphatic rings. The van der Waals surface area contributed by atoms with Gasteiger partial charge in [-0.3, -0.25) is 0 Å². The Labute approximate surface area is 391 Å². The molecule has 12 aromatic rings. The summed E-state index contributed by atoms with van der Waals surface area (Å²) in [6, 6.07) is 74.8. The van der Waals surface area contributed by atoms with Gasteiger partial charge in [0, 0.05) is 55.3 Å². The van der Waals surface area contributed by atoms with Gasteiger partial charge in [0.1, 0.15) is 5.69 Å². The summed E-state index contributed by atoms with van der Waals surface area (Å²) in [5.41, 5.74) is 12.0. The van der Waals surface area contributed by atoms with Crippen LogP contribution in [0.1, 0.15) is 0 Å². The van der Waals surface area contributed by atoms with E-state index in [-0.39, 0.29) is 0 Å². The fourth-order valence-electron chi connectivity index (χ4n) is 8.36. The van der Waals surface area contributed by atoms with Crippen molar-refractivity contribution >= 4 is 21.8 Å². The first-order chi connectivity index (χ1) is 33.7. The number of hydrogen-bond donors (Lipinski definition) is 0. The van der Waals surface area contributed by atoms with Gasteiger partial charge in [0.2, 0.25) is 0 Å². The van der Waals surface area contributed by atoms with Crippen LogP contribution in [0.15, 0.2) is 224 Å². The van der Waals surface area contributed by atoms with E-state index in [0.29, 0.717) is 40.6 Å². The van der Waals surface area contributed by atoms with Crippen molar-refractivity contribution in [3.8, 4) is 102 Å². The lowest BCUT2D eigenvalue weighted by molar-refractivity contribution is 1.05. The molecular weight excluding hydrogens is 835 g/mol. The first-order valence-electron chi connectivity index (χ1n) is 22.3. The van der Waals surface area contributed by atoms with Crippen LogP contribution >= 0.6 is 0 Å². The van der Waals surface area contributed by atoms with Crippen molar-refractivity contribution in [2.75, 3.05) is 0 Å². The van der Waals surface area contributed by atoms with Crippen LogP contribution in [-0.2, 0) is 0 Å². The quantitative estimate of drug-likeness (QED) is 0.140. The van der Waals surface area contributed by atoms with Gasteiger partial charge in [-0.1, -0.05) is 206 Å². The maximum atomic E-state index is 5.14. The van der Waals surface area contributed by atoms with Crippen molar-refractivity contribution < 1.29 is 0 Å². The van der Waals surface area contributed by atoms with E-state index in [1.807, 2.05) is 176 Å². The highest BCUT2D eigenvalue weighted by molar-refractivity contribution is 5.95. The molecule has 68 heavy (non-hydrogen) atoms. The summed E-state index contributed by atoms with van der Waals surface area (Å²) >= 11 is 0. The van der Waals surface area contributed by atoms with Gasteiger partial charge in [0.15, 0.2) is 34.9 Å². The number of rotatable bonds is 9. The Hall–Kier alpha value is -9.47. The number of benzene rings is 8. The molecule has 0 radical (unpaired) electrons. The molecule has 4 aromatic heterocycles. The molecule has 8 aromatic carbocycles. The van der Waals surface area contributed by atoms with Crippen molar-refractivity contribution in [3.05, 3.63) is 224 Å². The van der Waals surface area contributed by atoms with Gasteiger partial charge >= 0.3 is 0 Å². The molecule has 318 valence electrons. The zero-order chi connectivity index (χ0) is 45.2. The smallest absolute Gasteiger partial charge is 0.182 e. The molecule has 4 heterocycles. The van der Waals surface area contributed by atoms with Crippen molar-refractivity contribution in [1.82, 2.24) is 44.9 Å². The van der Waals surface area contributed by atoms with Gasteiger partial charge in [-0.25, -0.2) is 44.9 Å². The van der Waals surface area contributed by atoms with E-state index in [1.54, 1.807) is 0 Å². The second kappa shape index (κ2) is 17.5. The lowest BCUT2D eigenvalue weighted by Gasteiger charge is -2.12. The van der Waals surface area contributed by atoms with Crippen LogP contribution in [0.4, 0.5) is 0 Å². The minimum absolute atomic E-state index is 0.422. The molecule has 0 amide bonds. The molecule has 0 unspecified atom stereocenters. The standard InChI is InChI=1S/C59H37N9/c1-5-17-41(18-6-1)54-62-50(38-29-31-39(32-30-38)52-46-25-13-15-27-48(46)60-55(64-52)42-19-7-2-8-20-42)37-51(63-54)59-67-57(44-23-11-4-12-24-44)66-58(68-59)45-35-33-40(34-36-45)53-47-26-14-16-28-49(47)61-56(65-53)43-21-9-3-10-22-43/h1-37H. The van der Waals surface area contributed by atoms with E-state index in [4.69, 9.17) is 44.9 Å². The van der Waals surface area contributed by atoms with Crippen LogP contribution in [0.25, 0.3) is 124 Å². The van der Waals surface area contributed by atoms with Gasteiger partial charge in [-0.2, -0.15) is 0 Å². The van der Waals surface area contributed by atoms with Crippen LogP contribution in [0.3, 0.4) is 0 Å². The highest BCUT2D eigenvalue weighted by atomic mass is 15.1. The zero-order valence-corrected chi connectivity index (χ0v) is 36.4. The molecule has 0 atom stereocenters. The molecule has 0 aliphatic heterocycles. The second-order valence-electron chi connectivity index (χ2n) is 16.2. The number of hydrogen-bond acceptors (Lipinski definition) is 9. The predicted molar refractivity (Wildman–Crippen MR) is 271 cm³/mol. The highest BCUT2D eigenvalue weighted by Gasteiger charge is 2.19. The molecule has 0 saturated carbocycles. The fraction of sp³-hybridized carbons (Fsp3) is 0. The van der Waals surface area contributed by atoms with Crippen molar-refractivity contribution in [2.24, 2.45) is 0 Å². The topological polar surface area (TPSA) is 116 Å². The largest absolute Gasteiger partial charge is 0.228 e. The SMILES string of the molecule is c1ccc(-c2nc(-c3ccc(-c4nc(-c5ccccc5)nc5ccccc45)cc3)cc(-c3nc(-c4ccccc4)nc(-c4ccc(-c5nc(-c6ccccc6)nc6ccccc56)cc4)n3)n2)cc1. The molecule has 9 nitrogen and oxygen atoms in total. The Morgan fingerprint density at radius 2 is 0.500 bits per heavy atom. The number of fused-ring (bicyclic) bond motifs is 2. The Kier molecular flexibility index (Phi) is 10.3. The Morgan fingerprint density at radius 3 is 0.941 bits per heavy atom. The summed E-state index contributed by atoms with van der Waals surface area (Å²) < 4.78 is 0. The summed E-state index contributed by atoms with van der Waals surface area (Å²) in [5, 5.41) is 1.95. The summed E-state index contributed by atoms with van der Waals surface area (Å²) in [5.74, 6) is 3.36. The number of aromatic nitrogens is 9. The third-order valence-corrected chi connectivity index (χ3v) is 11.8. The van der Waals surface area contributed by atoms with Crippen molar-refractivity contribution in [2.45, 2.75) is 0 Å². The normalized spacial score (nSPS) is 11.2. The second-order valence-corrected chi connectivity index (χ2v) is 16.2. The van der Waals surface area contributed by atoms with E-state index < -0.39 is 0 Å². The summed E-state index contributed by atoms with van der Waals surface area (Å²) in [6.07, 6.45) is 0. The minimum Gasteiger partial charge on any atom is -0.228 e. The summed E-state index contributed by atoms with van der Waals surface area (Å²) in [4.78, 5) is 45.5. The summed E-state index contributed by atoms with van der Waals surface area (Å²) in [7, 11) is 0. The van der Waals surface area contributed by atoms with Crippen LogP contribution < -0.4 is 0 Å². The molecule has 0 spiro atoms. The van der Waals surface area contributed by atoms with E-state index in [2.05, 4.69) is 48.5 Å². The Balaban J connectivity index is 0.959. The number of nitrogens with zero attached hydrogens (tertiary/aromatic N) is 9. The molecular formula is C59H37N9. The first kappa shape index (κ1) is 40.1. The molecule has 0 fully saturated rings. The average Bonchev–Trinajstić information content (AvgIpc) is 3.43. The lowest BCUT2D eigenvalue weighted by Crippen LogP contribution is -2.03. The van der Waals surface area contributed by atoms with Gasteiger partial charge < -0.3 is 0 Å². The number of para-hydroxylation sites is 2. The maximum absolute atomic E-state index is 5.14. The molecule has 0 N–H and O–H groups in total. The van der Waals surface area contributed by atoms with Gasteiger partial charge in [0.05, 0.1) is 28.1 Å². The first-order valence-corrected chi connectivity index (χ1v) is 22.3. The van der Waals surface area contributed by atoms with E-state index in [0.717, 1.165) is 83.4 Å². The lowest BCUT2D eigenvalue weighted by atomic mass is 10.0. The van der Waals surface area contributed by atoms with Crippen LogP contribution in [0.2, 0.25) is 0 Å². The molecule has 0 saturated heterocycles. The molecule has 0 bridgehead atoms. The van der Waals surface area contributed by atoms with Gasteiger partial charge in [-0.15, -0.1) is 0 Å². The van der Waals surface area contributed by atoms with Crippen molar-refractivity contribution in [3.63, 3.8) is 0 Å². The van der Waals surface area contributed by atoms with Crippen molar-refractivity contribution in [1.29, 1.82) is 0 Å².